The minimum absolute atomic E-state index is 0.162. The van der Waals surface area contributed by atoms with Crippen molar-refractivity contribution in [3.63, 3.8) is 0 Å². The highest BCUT2D eigenvalue weighted by molar-refractivity contribution is 6.31. The molecule has 27 heavy (non-hydrogen) atoms. The number of aldehydes is 1. The van der Waals surface area contributed by atoms with Crippen LogP contribution in [0.25, 0.3) is 0 Å². The first-order valence-electron chi connectivity index (χ1n) is 10.1. The van der Waals surface area contributed by atoms with Gasteiger partial charge in [-0.15, -0.1) is 0 Å². The van der Waals surface area contributed by atoms with E-state index in [4.69, 9.17) is 11.6 Å². The normalized spacial score (nSPS) is 22.9. The van der Waals surface area contributed by atoms with Crippen LogP contribution in [0.4, 0.5) is 4.79 Å². The summed E-state index contributed by atoms with van der Waals surface area (Å²) in [4.78, 5) is 25.0. The smallest absolute Gasteiger partial charge is 0.322 e. The Morgan fingerprint density at radius 2 is 2.11 bits per heavy atom. The van der Waals surface area contributed by atoms with Gasteiger partial charge < -0.3 is 15.0 Å². The molecule has 0 bridgehead atoms. The third kappa shape index (κ3) is 3.91. The molecule has 4 nitrogen and oxygen atoms in total. The van der Waals surface area contributed by atoms with Crippen LogP contribution in [-0.4, -0.2) is 23.8 Å². The number of rotatable bonds is 8. The molecular weight excluding hydrogens is 360 g/mol. The molecule has 0 aromatic heterocycles. The number of carbonyl (C=O) groups is 2. The molecule has 0 spiro atoms. The van der Waals surface area contributed by atoms with Gasteiger partial charge in [0.25, 0.3) is 0 Å². The van der Waals surface area contributed by atoms with E-state index < -0.39 is 5.54 Å². The molecule has 0 unspecified atom stereocenters. The van der Waals surface area contributed by atoms with E-state index in [1.54, 1.807) is 4.90 Å². The number of urea groups is 1. The predicted molar refractivity (Wildman–Crippen MR) is 109 cm³/mol. The van der Waals surface area contributed by atoms with Crippen LogP contribution in [-0.2, 0) is 16.8 Å². The van der Waals surface area contributed by atoms with E-state index in [2.05, 4.69) is 31.3 Å². The fraction of sp³-hybridized carbons (Fsp3) is 0.545. The Bertz CT molecular complexity index is 742. The summed E-state index contributed by atoms with van der Waals surface area (Å²) >= 11 is 6.64. The summed E-state index contributed by atoms with van der Waals surface area (Å²) in [7, 11) is 0. The predicted octanol–water partition coefficient (Wildman–Crippen LogP) is 5.20. The van der Waals surface area contributed by atoms with E-state index in [9.17, 15) is 9.59 Å². The highest BCUT2D eigenvalue weighted by atomic mass is 35.5. The molecule has 1 heterocycles. The zero-order chi connectivity index (χ0) is 19.4. The van der Waals surface area contributed by atoms with Crippen molar-refractivity contribution >= 4 is 23.9 Å². The van der Waals surface area contributed by atoms with Crippen molar-refractivity contribution in [2.24, 2.45) is 5.92 Å². The van der Waals surface area contributed by atoms with E-state index in [-0.39, 0.29) is 6.03 Å². The topological polar surface area (TPSA) is 49.4 Å². The monoisotopic (exact) mass is 388 g/mol. The third-order valence-electron chi connectivity index (χ3n) is 6.12. The average molecular weight is 389 g/mol. The molecule has 1 atom stereocenters. The number of hydrogen-bond donors (Lipinski definition) is 1. The van der Waals surface area contributed by atoms with Gasteiger partial charge in [0, 0.05) is 24.2 Å². The first-order valence-corrected chi connectivity index (χ1v) is 10.4. The Labute approximate surface area is 167 Å². The second-order valence-electron chi connectivity index (χ2n) is 7.65. The molecule has 1 aromatic rings. The zero-order valence-electron chi connectivity index (χ0n) is 16.3. The lowest BCUT2D eigenvalue weighted by molar-refractivity contribution is -0.107. The van der Waals surface area contributed by atoms with Gasteiger partial charge in [-0.1, -0.05) is 56.8 Å². The first-order chi connectivity index (χ1) is 13.0. The van der Waals surface area contributed by atoms with Crippen LogP contribution in [0.5, 0.6) is 0 Å². The largest absolute Gasteiger partial charge is 0.324 e. The molecule has 5 heteroatoms. The van der Waals surface area contributed by atoms with Gasteiger partial charge in [0.05, 0.1) is 5.54 Å². The molecule has 1 N–H and O–H groups in total. The molecule has 1 saturated carbocycles. The number of halogens is 1. The Hall–Kier alpha value is -1.81. The van der Waals surface area contributed by atoms with Crippen molar-refractivity contribution in [1.29, 1.82) is 0 Å². The lowest BCUT2D eigenvalue weighted by Crippen LogP contribution is -2.55. The van der Waals surface area contributed by atoms with E-state index in [1.807, 2.05) is 12.3 Å². The number of amides is 2. The van der Waals surface area contributed by atoms with Gasteiger partial charge in [0.2, 0.25) is 0 Å². The maximum Gasteiger partial charge on any atom is 0.322 e. The van der Waals surface area contributed by atoms with Crippen LogP contribution in [0.2, 0.25) is 5.02 Å². The van der Waals surface area contributed by atoms with E-state index >= 15 is 0 Å². The van der Waals surface area contributed by atoms with Gasteiger partial charge in [0.15, 0.2) is 0 Å². The maximum atomic E-state index is 12.7. The van der Waals surface area contributed by atoms with Crippen molar-refractivity contribution < 1.29 is 9.59 Å². The fourth-order valence-corrected chi connectivity index (χ4v) is 4.46. The summed E-state index contributed by atoms with van der Waals surface area (Å²) in [5.41, 5.74) is 2.83. The molecule has 3 rings (SSSR count). The maximum absolute atomic E-state index is 12.7. The molecule has 1 aromatic carbocycles. The average Bonchev–Trinajstić information content (AvgIpc) is 2.64. The summed E-state index contributed by atoms with van der Waals surface area (Å²) in [6, 6.07) is 6.12. The van der Waals surface area contributed by atoms with Crippen molar-refractivity contribution in [1.82, 2.24) is 10.2 Å². The molecular formula is C22H29ClN2O2. The Balaban J connectivity index is 1.92. The Morgan fingerprint density at radius 3 is 2.67 bits per heavy atom. The van der Waals surface area contributed by atoms with Gasteiger partial charge in [-0.05, 0) is 47.9 Å². The molecule has 0 saturated heterocycles. The van der Waals surface area contributed by atoms with Crippen molar-refractivity contribution in [2.45, 2.75) is 64.3 Å². The lowest BCUT2D eigenvalue weighted by atomic mass is 9.77. The van der Waals surface area contributed by atoms with Gasteiger partial charge >= 0.3 is 6.03 Å². The molecule has 0 radical (unpaired) electrons. The summed E-state index contributed by atoms with van der Waals surface area (Å²) < 4.78 is 0. The molecule has 1 aliphatic carbocycles. The van der Waals surface area contributed by atoms with Crippen LogP contribution in [0.1, 0.15) is 63.5 Å². The second kappa shape index (κ2) is 8.47. The standard InChI is InChI=1S/C22H29ClN2O2/c1-3-18-15-25(11-6-12-26)21(27)24-22(18,4-2)19-10-9-17(20(23)14-19)13-16-7-5-8-16/h9-10,12,14-16H,3-8,11,13H2,1-2H3,(H,24,27)/t22-/m1/s1. The van der Waals surface area contributed by atoms with E-state index in [1.165, 1.54) is 24.8 Å². The van der Waals surface area contributed by atoms with Gasteiger partial charge in [0.1, 0.15) is 6.29 Å². The lowest BCUT2D eigenvalue weighted by Gasteiger charge is -2.42. The Morgan fingerprint density at radius 1 is 1.33 bits per heavy atom. The van der Waals surface area contributed by atoms with Crippen LogP contribution < -0.4 is 5.32 Å². The summed E-state index contributed by atoms with van der Waals surface area (Å²) in [6.45, 7) is 4.58. The summed E-state index contributed by atoms with van der Waals surface area (Å²) in [6.07, 6.45) is 9.63. The quantitative estimate of drug-likeness (QED) is 0.622. The second-order valence-corrected chi connectivity index (χ2v) is 8.06. The zero-order valence-corrected chi connectivity index (χ0v) is 17.0. The number of benzene rings is 1. The van der Waals surface area contributed by atoms with Crippen LogP contribution >= 0.6 is 11.6 Å². The number of carbonyl (C=O) groups excluding carboxylic acids is 2. The van der Waals surface area contributed by atoms with Crippen LogP contribution in [0.15, 0.2) is 30.0 Å². The number of hydrogen-bond acceptors (Lipinski definition) is 2. The number of nitrogens with zero attached hydrogens (tertiary/aromatic N) is 1. The molecule has 1 fully saturated rings. The first kappa shape index (κ1) is 19.9. The minimum atomic E-state index is -0.540. The van der Waals surface area contributed by atoms with Crippen LogP contribution in [0, 0.1) is 5.92 Å². The highest BCUT2D eigenvalue weighted by Gasteiger charge is 2.40. The van der Waals surface area contributed by atoms with E-state index in [0.29, 0.717) is 13.0 Å². The highest BCUT2D eigenvalue weighted by Crippen LogP contribution is 2.40. The van der Waals surface area contributed by atoms with Gasteiger partial charge in [-0.2, -0.15) is 0 Å². The van der Waals surface area contributed by atoms with Crippen LogP contribution in [0.3, 0.4) is 0 Å². The molecule has 2 amide bonds. The van der Waals surface area contributed by atoms with Crippen molar-refractivity contribution in [3.05, 3.63) is 46.1 Å². The minimum Gasteiger partial charge on any atom is -0.324 e. The van der Waals surface area contributed by atoms with E-state index in [0.717, 1.165) is 47.6 Å². The summed E-state index contributed by atoms with van der Waals surface area (Å²) in [5, 5.41) is 4.00. The fourth-order valence-electron chi connectivity index (χ4n) is 4.21. The molecule has 146 valence electrons. The SMILES string of the molecule is CCC1=CN(CCC=O)C(=O)N[C@@]1(CC)c1ccc(CC2CCC2)c(Cl)c1. The molecule has 2 aliphatic rings. The number of nitrogens with one attached hydrogen (secondary N) is 1. The molecule has 1 aliphatic heterocycles. The summed E-state index contributed by atoms with van der Waals surface area (Å²) in [5.74, 6) is 0.764. The van der Waals surface area contributed by atoms with Crippen molar-refractivity contribution in [3.8, 4) is 0 Å². The third-order valence-corrected chi connectivity index (χ3v) is 6.47. The van der Waals surface area contributed by atoms with Gasteiger partial charge in [-0.3, -0.25) is 0 Å². The van der Waals surface area contributed by atoms with Crippen molar-refractivity contribution in [2.75, 3.05) is 6.54 Å². The van der Waals surface area contributed by atoms with Gasteiger partial charge in [-0.25, -0.2) is 4.79 Å². The Kier molecular flexibility index (Phi) is 6.25.